The van der Waals surface area contributed by atoms with Crippen LogP contribution in [0.2, 0.25) is 13.1 Å². The van der Waals surface area contributed by atoms with E-state index in [1.165, 1.54) is 88.3 Å². The molecule has 0 amide bonds. The molecule has 0 bridgehead atoms. The van der Waals surface area contributed by atoms with E-state index in [9.17, 15) is 0 Å². The van der Waals surface area contributed by atoms with Gasteiger partial charge in [0.1, 0.15) is 0 Å². The number of aryl methyl sites for hydroxylation is 2. The predicted molar refractivity (Wildman–Crippen MR) is 257 cm³/mol. The third kappa shape index (κ3) is 10.9. The second kappa shape index (κ2) is 22.6. The van der Waals surface area contributed by atoms with Crippen molar-refractivity contribution in [3.05, 3.63) is 180 Å². The number of rotatable bonds is 8. The van der Waals surface area contributed by atoms with Gasteiger partial charge in [-0.25, -0.2) is 0 Å². The predicted octanol–water partition coefficient (Wildman–Crippen LogP) is 17.3. The first-order valence-electron chi connectivity index (χ1n) is 20.5. The quantitative estimate of drug-likeness (QED) is 0.105. The minimum atomic E-state index is -0.826. The average molecular weight is 895 g/mol. The van der Waals surface area contributed by atoms with Gasteiger partial charge < -0.3 is 0 Å². The Balaban J connectivity index is 0.000000195. The maximum atomic E-state index is 4.93. The Morgan fingerprint density at radius 2 is 0.828 bits per heavy atom. The average Bonchev–Trinajstić information content (AvgIpc) is 3.90. The summed E-state index contributed by atoms with van der Waals surface area (Å²) < 4.78 is 0. The Kier molecular flexibility index (Phi) is 17.6. The van der Waals surface area contributed by atoms with Crippen LogP contribution in [0.4, 0.5) is 0 Å². The molecule has 0 unspecified atom stereocenters. The van der Waals surface area contributed by atoms with Crippen molar-refractivity contribution in [3.63, 3.8) is 0 Å². The van der Waals surface area contributed by atoms with E-state index in [1.54, 1.807) is 0 Å². The van der Waals surface area contributed by atoms with Gasteiger partial charge in [-0.1, -0.05) is 198 Å². The fourth-order valence-corrected chi connectivity index (χ4v) is 7.90. The molecule has 0 fully saturated rings. The van der Waals surface area contributed by atoms with Gasteiger partial charge in [0.2, 0.25) is 0 Å². The Labute approximate surface area is 369 Å². The van der Waals surface area contributed by atoms with Gasteiger partial charge in [-0.3, -0.25) is 0 Å². The summed E-state index contributed by atoms with van der Waals surface area (Å²) in [5.74, 6) is 0.990. The van der Waals surface area contributed by atoms with E-state index >= 15 is 0 Å². The van der Waals surface area contributed by atoms with Gasteiger partial charge in [-0.2, -0.15) is 0 Å². The van der Waals surface area contributed by atoms with Crippen LogP contribution in [0.3, 0.4) is 0 Å². The number of fused-ring (bicyclic) bond motifs is 2. The summed E-state index contributed by atoms with van der Waals surface area (Å²) in [6, 6.07) is 57.7. The molecule has 58 heavy (non-hydrogen) atoms. The van der Waals surface area contributed by atoms with Gasteiger partial charge in [-0.15, -0.1) is 69.1 Å². The van der Waals surface area contributed by atoms with Crippen molar-refractivity contribution in [2.24, 2.45) is 0 Å². The van der Waals surface area contributed by atoms with E-state index in [-0.39, 0.29) is 0 Å². The second-order valence-corrected chi connectivity index (χ2v) is 19.9. The number of hydrogen-bond acceptors (Lipinski definition) is 0. The van der Waals surface area contributed by atoms with E-state index in [2.05, 4.69) is 212 Å². The molecule has 0 spiro atoms. The van der Waals surface area contributed by atoms with E-state index in [0.29, 0.717) is 11.8 Å². The summed E-state index contributed by atoms with van der Waals surface area (Å²) in [6.07, 6.45) is 2.10. The Morgan fingerprint density at radius 1 is 0.500 bits per heavy atom. The zero-order valence-corrected chi connectivity index (χ0v) is 40.3. The van der Waals surface area contributed by atoms with Crippen molar-refractivity contribution >= 4 is 48.1 Å². The third-order valence-corrected chi connectivity index (χ3v) is 10.6. The van der Waals surface area contributed by atoms with E-state index < -0.39 is 20.8 Å². The number of benzene rings is 6. The molecule has 0 aliphatic heterocycles. The molecule has 4 heteroatoms. The van der Waals surface area contributed by atoms with Crippen molar-refractivity contribution < 1.29 is 20.8 Å². The molecular formula is C54H56Cl2SiZr. The fraction of sp³-hybridized carbons (Fsp3) is 0.222. The van der Waals surface area contributed by atoms with Crippen molar-refractivity contribution in [1.29, 1.82) is 0 Å². The normalized spacial score (nSPS) is 10.7. The van der Waals surface area contributed by atoms with Gasteiger partial charge in [0.25, 0.3) is 0 Å². The topological polar surface area (TPSA) is 0 Å². The molecule has 0 N–H and O–H groups in total. The summed E-state index contributed by atoms with van der Waals surface area (Å²) in [4.78, 5) is 0. The van der Waals surface area contributed by atoms with Gasteiger partial charge in [0.15, 0.2) is 0 Å². The molecule has 0 saturated heterocycles. The second-order valence-electron chi connectivity index (χ2n) is 15.2. The van der Waals surface area contributed by atoms with Crippen LogP contribution in [-0.4, -0.2) is 9.52 Å². The van der Waals surface area contributed by atoms with E-state index in [4.69, 9.17) is 17.0 Å². The summed E-state index contributed by atoms with van der Waals surface area (Å²) in [5, 5.41) is 5.40. The van der Waals surface area contributed by atoms with Gasteiger partial charge in [-0.05, 0) is 58.1 Å². The monoisotopic (exact) mass is 892 g/mol. The van der Waals surface area contributed by atoms with Crippen LogP contribution in [0.15, 0.2) is 158 Å². The fourth-order valence-electron chi connectivity index (χ4n) is 7.90. The van der Waals surface area contributed by atoms with E-state index in [0.717, 1.165) is 22.4 Å². The van der Waals surface area contributed by atoms with Gasteiger partial charge >= 0.3 is 37.9 Å². The molecule has 8 aromatic carbocycles. The van der Waals surface area contributed by atoms with Crippen molar-refractivity contribution in [2.75, 3.05) is 0 Å². The molecule has 8 rings (SSSR count). The number of halogens is 2. The summed E-state index contributed by atoms with van der Waals surface area (Å²) in [5.41, 5.74) is 16.5. The molecule has 0 aliphatic rings. The maximum absolute atomic E-state index is 4.93. The molecule has 0 nitrogen and oxygen atoms in total. The van der Waals surface area contributed by atoms with Crippen LogP contribution < -0.4 is 0 Å². The van der Waals surface area contributed by atoms with Crippen LogP contribution in [0.25, 0.3) is 66.1 Å². The zero-order valence-electron chi connectivity index (χ0n) is 35.3. The summed E-state index contributed by atoms with van der Waals surface area (Å²) >= 11 is -0.826. The number of hydrogen-bond donors (Lipinski definition) is 0. The van der Waals surface area contributed by atoms with E-state index in [1.807, 2.05) is 0 Å². The first-order valence-corrected chi connectivity index (χ1v) is 28.8. The summed E-state index contributed by atoms with van der Waals surface area (Å²) in [6.45, 7) is 18.0. The first kappa shape index (κ1) is 45.3. The molecule has 0 heterocycles. The third-order valence-electron chi connectivity index (χ3n) is 10.6. The molecular weight excluding hydrogens is 839 g/mol. The van der Waals surface area contributed by atoms with Crippen molar-refractivity contribution in [1.82, 2.24) is 0 Å². The van der Waals surface area contributed by atoms with Gasteiger partial charge in [0, 0.05) is 9.52 Å². The Hall–Kier alpha value is -3.78. The molecule has 0 saturated carbocycles. The molecule has 2 radical (unpaired) electrons. The Morgan fingerprint density at radius 3 is 1.16 bits per heavy atom. The zero-order chi connectivity index (χ0) is 41.6. The van der Waals surface area contributed by atoms with Crippen LogP contribution in [0.5, 0.6) is 0 Å². The van der Waals surface area contributed by atoms with Crippen LogP contribution in [-0.2, 0) is 33.7 Å². The van der Waals surface area contributed by atoms with Gasteiger partial charge in [0.05, 0.1) is 0 Å². The first-order chi connectivity index (χ1) is 28.2. The molecule has 294 valence electrons. The van der Waals surface area contributed by atoms with Crippen LogP contribution >= 0.6 is 17.0 Å². The molecule has 8 aromatic rings. The summed E-state index contributed by atoms with van der Waals surface area (Å²) in [7, 11) is 11.0. The molecule has 0 atom stereocenters. The van der Waals surface area contributed by atoms with Crippen molar-refractivity contribution in [3.8, 4) is 44.5 Å². The van der Waals surface area contributed by atoms with Crippen LogP contribution in [0.1, 0.15) is 75.6 Å². The minimum absolute atomic E-state index is 0.495. The van der Waals surface area contributed by atoms with Crippen LogP contribution in [0, 0.1) is 0 Å². The SMILES string of the molecule is CCc1ccccc1-c1c(C(C)C)ccc2[cH-]c(-c3ccccc3)cc12.CCc1ccccc1-c1c(C(C)C)ccc2[cH-]c(-c3ccccc3)cc12.C[Si]C.[Cl][Zr+2][Cl]. The molecule has 0 aliphatic carbocycles. The standard InChI is InChI=1S/2C26H25.C2H6Si.2ClH.Zr/c2*1-4-19-10-8-9-13-24(19)26-23(18(2)3)15-14-21-16-22(17-25(21)26)20-11-6-5-7-12-20;1-3-2;;;/h2*5-18H,4H2,1-3H3;1-2H3;2*1H;/q2*-1;;;;+4/p-2. The van der Waals surface area contributed by atoms with Crippen molar-refractivity contribution in [2.45, 2.75) is 79.3 Å². The molecule has 0 aromatic heterocycles. The Bertz CT molecular complexity index is 2300.